The highest BCUT2D eigenvalue weighted by Crippen LogP contribution is 2.36. The zero-order valence-electron chi connectivity index (χ0n) is 17.0. The summed E-state index contributed by atoms with van der Waals surface area (Å²) in [6, 6.07) is 17.4. The Kier molecular flexibility index (Phi) is 6.58. The molecule has 0 bridgehead atoms. The van der Waals surface area contributed by atoms with Crippen LogP contribution in [-0.2, 0) is 17.1 Å². The van der Waals surface area contributed by atoms with E-state index in [0.29, 0.717) is 34.0 Å². The predicted octanol–water partition coefficient (Wildman–Crippen LogP) is 4.16. The van der Waals surface area contributed by atoms with Crippen molar-refractivity contribution in [1.82, 2.24) is 25.2 Å². The van der Waals surface area contributed by atoms with Crippen molar-refractivity contribution in [1.29, 1.82) is 0 Å². The summed E-state index contributed by atoms with van der Waals surface area (Å²) in [7, 11) is 1.58. The minimum absolute atomic E-state index is 0.134. The largest absolute Gasteiger partial charge is 0.495 e. The summed E-state index contributed by atoms with van der Waals surface area (Å²) < 4.78 is 7.18. The maximum atomic E-state index is 12.4. The summed E-state index contributed by atoms with van der Waals surface area (Å²) in [5.41, 5.74) is 2.64. The van der Waals surface area contributed by atoms with Gasteiger partial charge in [-0.2, -0.15) is 0 Å². The molecule has 4 rings (SSSR count). The van der Waals surface area contributed by atoms with Gasteiger partial charge in [-0.15, -0.1) is 16.4 Å². The SMILES string of the molecule is COc1ccccc1N(C(C)=O)c1nc(CSc2nnnn2Cc2ccccc2)cs1. The third-order valence-corrected chi connectivity index (χ3v) is 6.26. The molecule has 0 aliphatic carbocycles. The molecule has 4 aromatic rings. The van der Waals surface area contributed by atoms with E-state index < -0.39 is 0 Å². The first kappa shape index (κ1) is 21.0. The van der Waals surface area contributed by atoms with Crippen molar-refractivity contribution in [3.8, 4) is 5.75 Å². The fraction of sp³-hybridized carbons (Fsp3) is 0.190. The van der Waals surface area contributed by atoms with Crippen LogP contribution in [0, 0.1) is 0 Å². The number of thioether (sulfide) groups is 1. The summed E-state index contributed by atoms with van der Waals surface area (Å²) in [5.74, 6) is 1.07. The fourth-order valence-electron chi connectivity index (χ4n) is 2.98. The molecule has 0 atom stereocenters. The van der Waals surface area contributed by atoms with Gasteiger partial charge in [-0.05, 0) is 28.1 Å². The Balaban J connectivity index is 1.48. The standard InChI is InChI=1S/C21H20N6O2S2/c1-15(28)27(18-10-6-7-11-19(18)29-2)20-22-17(13-30-20)14-31-21-23-24-25-26(21)12-16-8-4-3-5-9-16/h3-11,13H,12,14H2,1-2H3. The van der Waals surface area contributed by atoms with Gasteiger partial charge in [0, 0.05) is 18.1 Å². The van der Waals surface area contributed by atoms with Crippen molar-refractivity contribution in [2.75, 3.05) is 12.0 Å². The zero-order chi connectivity index (χ0) is 21.6. The van der Waals surface area contributed by atoms with Crippen molar-refractivity contribution >= 4 is 39.8 Å². The number of carbonyl (C=O) groups is 1. The van der Waals surface area contributed by atoms with E-state index in [9.17, 15) is 4.79 Å². The van der Waals surface area contributed by atoms with Crippen LogP contribution >= 0.6 is 23.1 Å². The number of benzene rings is 2. The van der Waals surface area contributed by atoms with Gasteiger partial charge in [0.05, 0.1) is 25.0 Å². The predicted molar refractivity (Wildman–Crippen MR) is 121 cm³/mol. The highest BCUT2D eigenvalue weighted by atomic mass is 32.2. The monoisotopic (exact) mass is 452 g/mol. The third kappa shape index (κ3) is 4.92. The van der Waals surface area contributed by atoms with E-state index in [-0.39, 0.29) is 5.91 Å². The van der Waals surface area contributed by atoms with E-state index in [1.165, 1.54) is 30.0 Å². The molecule has 0 saturated heterocycles. The van der Waals surface area contributed by atoms with Crippen LogP contribution < -0.4 is 9.64 Å². The number of hydrogen-bond acceptors (Lipinski definition) is 8. The highest BCUT2D eigenvalue weighted by molar-refractivity contribution is 7.98. The van der Waals surface area contributed by atoms with E-state index in [1.54, 1.807) is 16.7 Å². The molecule has 0 aliphatic rings. The number of thiazole rings is 1. The van der Waals surface area contributed by atoms with Gasteiger partial charge < -0.3 is 4.74 Å². The van der Waals surface area contributed by atoms with Gasteiger partial charge in [0.25, 0.3) is 0 Å². The van der Waals surface area contributed by atoms with E-state index in [0.717, 1.165) is 11.3 Å². The summed E-state index contributed by atoms with van der Waals surface area (Å²) in [5, 5.41) is 15.3. The molecular formula is C21H20N6O2S2. The van der Waals surface area contributed by atoms with Gasteiger partial charge in [0.2, 0.25) is 11.1 Å². The number of tetrazole rings is 1. The molecule has 2 heterocycles. The molecule has 8 nitrogen and oxygen atoms in total. The van der Waals surface area contributed by atoms with Crippen LogP contribution in [0.25, 0.3) is 0 Å². The van der Waals surface area contributed by atoms with Crippen molar-refractivity contribution in [3.05, 3.63) is 71.2 Å². The summed E-state index contributed by atoms with van der Waals surface area (Å²) >= 11 is 2.92. The number of amides is 1. The number of carbonyl (C=O) groups excluding carboxylic acids is 1. The molecule has 158 valence electrons. The van der Waals surface area contributed by atoms with E-state index >= 15 is 0 Å². The maximum Gasteiger partial charge on any atom is 0.230 e. The average molecular weight is 453 g/mol. The van der Waals surface area contributed by atoms with Crippen LogP contribution in [0.2, 0.25) is 0 Å². The third-order valence-electron chi connectivity index (χ3n) is 4.40. The molecule has 2 aromatic carbocycles. The number of aromatic nitrogens is 5. The molecule has 1 amide bonds. The normalized spacial score (nSPS) is 10.8. The molecule has 0 fully saturated rings. The second-order valence-electron chi connectivity index (χ2n) is 6.54. The summed E-state index contributed by atoms with van der Waals surface area (Å²) in [6.07, 6.45) is 0. The number of nitrogens with zero attached hydrogens (tertiary/aromatic N) is 6. The number of methoxy groups -OCH3 is 1. The number of ether oxygens (including phenoxy) is 1. The lowest BCUT2D eigenvalue weighted by molar-refractivity contribution is -0.115. The highest BCUT2D eigenvalue weighted by Gasteiger charge is 2.21. The Bertz CT molecular complexity index is 1160. The molecular weight excluding hydrogens is 432 g/mol. The van der Waals surface area contributed by atoms with Gasteiger partial charge in [-0.25, -0.2) is 9.67 Å². The Morgan fingerprint density at radius 3 is 2.71 bits per heavy atom. The number of anilines is 2. The minimum atomic E-state index is -0.134. The number of rotatable bonds is 8. The van der Waals surface area contributed by atoms with Crippen molar-refractivity contribution < 1.29 is 9.53 Å². The molecule has 0 saturated carbocycles. The van der Waals surface area contributed by atoms with Gasteiger partial charge in [0.15, 0.2) is 5.13 Å². The van der Waals surface area contributed by atoms with Gasteiger partial charge in [-0.3, -0.25) is 9.69 Å². The van der Waals surface area contributed by atoms with Crippen molar-refractivity contribution in [2.45, 2.75) is 24.4 Å². The smallest absolute Gasteiger partial charge is 0.230 e. The minimum Gasteiger partial charge on any atom is -0.495 e. The molecule has 2 aromatic heterocycles. The molecule has 0 N–H and O–H groups in total. The Morgan fingerprint density at radius 2 is 1.94 bits per heavy atom. The molecule has 31 heavy (non-hydrogen) atoms. The number of hydrogen-bond donors (Lipinski definition) is 0. The Morgan fingerprint density at radius 1 is 1.16 bits per heavy atom. The zero-order valence-corrected chi connectivity index (χ0v) is 18.6. The van der Waals surface area contributed by atoms with Gasteiger partial charge >= 0.3 is 0 Å². The lowest BCUT2D eigenvalue weighted by Gasteiger charge is -2.20. The van der Waals surface area contributed by atoms with Crippen LogP contribution in [0.1, 0.15) is 18.2 Å². The number of para-hydroxylation sites is 2. The second kappa shape index (κ2) is 9.71. The quantitative estimate of drug-likeness (QED) is 0.371. The van der Waals surface area contributed by atoms with Crippen LogP contribution in [-0.4, -0.2) is 38.2 Å². The average Bonchev–Trinajstić information content (AvgIpc) is 3.43. The van der Waals surface area contributed by atoms with Gasteiger partial charge in [0.1, 0.15) is 5.75 Å². The van der Waals surface area contributed by atoms with Gasteiger partial charge in [-0.1, -0.05) is 54.2 Å². The molecule has 0 radical (unpaired) electrons. The van der Waals surface area contributed by atoms with E-state index in [4.69, 9.17) is 4.74 Å². The lowest BCUT2D eigenvalue weighted by Crippen LogP contribution is -2.23. The Labute approximate surface area is 187 Å². The van der Waals surface area contributed by atoms with Crippen molar-refractivity contribution in [3.63, 3.8) is 0 Å². The summed E-state index contributed by atoms with van der Waals surface area (Å²) in [6.45, 7) is 2.12. The maximum absolute atomic E-state index is 12.4. The van der Waals surface area contributed by atoms with E-state index in [2.05, 4.69) is 20.5 Å². The topological polar surface area (TPSA) is 86.0 Å². The second-order valence-corrected chi connectivity index (χ2v) is 8.32. The first-order valence-corrected chi connectivity index (χ1v) is 11.3. The van der Waals surface area contributed by atoms with Crippen LogP contribution in [0.15, 0.2) is 65.1 Å². The van der Waals surface area contributed by atoms with Crippen molar-refractivity contribution in [2.24, 2.45) is 0 Å². The molecule has 10 heteroatoms. The first-order chi connectivity index (χ1) is 15.2. The van der Waals surface area contributed by atoms with Crippen LogP contribution in [0.4, 0.5) is 10.8 Å². The summed E-state index contributed by atoms with van der Waals surface area (Å²) in [4.78, 5) is 18.6. The van der Waals surface area contributed by atoms with Crippen LogP contribution in [0.5, 0.6) is 5.75 Å². The lowest BCUT2D eigenvalue weighted by atomic mass is 10.2. The molecule has 0 spiro atoms. The molecule has 0 unspecified atom stereocenters. The van der Waals surface area contributed by atoms with Crippen LogP contribution in [0.3, 0.4) is 0 Å². The first-order valence-electron chi connectivity index (χ1n) is 9.46. The Hall–Kier alpha value is -3.24. The fourth-order valence-corrected chi connectivity index (χ4v) is 4.74. The van der Waals surface area contributed by atoms with E-state index in [1.807, 2.05) is 60.0 Å². The molecule has 0 aliphatic heterocycles.